The van der Waals surface area contributed by atoms with Gasteiger partial charge in [0.25, 0.3) is 0 Å². The van der Waals surface area contributed by atoms with E-state index in [4.69, 9.17) is 5.73 Å². The van der Waals surface area contributed by atoms with Gasteiger partial charge in [0, 0.05) is 30.1 Å². The standard InChI is InChI=1S/C14H14F3N3S/c15-14(16,17)11-4-2-1-3-10(11)12-8-21-13(19-12)20-6-5-9(18)7-20/h1-4,8-9H,5-7,18H2. The second kappa shape index (κ2) is 5.31. The van der Waals surface area contributed by atoms with Gasteiger partial charge in [-0.1, -0.05) is 18.2 Å². The van der Waals surface area contributed by atoms with Crippen LogP contribution in [0.4, 0.5) is 18.3 Å². The molecule has 1 atom stereocenters. The van der Waals surface area contributed by atoms with E-state index >= 15 is 0 Å². The predicted octanol–water partition coefficient (Wildman–Crippen LogP) is 3.37. The van der Waals surface area contributed by atoms with Crippen LogP contribution in [-0.4, -0.2) is 24.1 Å². The van der Waals surface area contributed by atoms with Crippen LogP contribution in [0.15, 0.2) is 29.6 Å². The van der Waals surface area contributed by atoms with Crippen LogP contribution >= 0.6 is 11.3 Å². The largest absolute Gasteiger partial charge is 0.417 e. The zero-order valence-corrected chi connectivity index (χ0v) is 11.9. The lowest BCUT2D eigenvalue weighted by molar-refractivity contribution is -0.137. The topological polar surface area (TPSA) is 42.1 Å². The average molecular weight is 313 g/mol. The molecule has 1 saturated heterocycles. The fraction of sp³-hybridized carbons (Fsp3) is 0.357. The summed E-state index contributed by atoms with van der Waals surface area (Å²) in [4.78, 5) is 6.38. The molecule has 7 heteroatoms. The maximum atomic E-state index is 13.0. The van der Waals surface area contributed by atoms with Crippen LogP contribution in [0.3, 0.4) is 0 Å². The van der Waals surface area contributed by atoms with Crippen LogP contribution < -0.4 is 10.6 Å². The van der Waals surface area contributed by atoms with E-state index in [2.05, 4.69) is 4.98 Å². The summed E-state index contributed by atoms with van der Waals surface area (Å²) >= 11 is 1.35. The first-order valence-corrected chi connectivity index (χ1v) is 7.46. The fourth-order valence-corrected chi connectivity index (χ4v) is 3.31. The number of benzene rings is 1. The van der Waals surface area contributed by atoms with Crippen molar-refractivity contribution in [1.82, 2.24) is 4.98 Å². The van der Waals surface area contributed by atoms with Crippen molar-refractivity contribution in [1.29, 1.82) is 0 Å². The van der Waals surface area contributed by atoms with E-state index in [0.717, 1.165) is 24.2 Å². The van der Waals surface area contributed by atoms with E-state index in [1.807, 2.05) is 4.90 Å². The molecule has 112 valence electrons. The van der Waals surface area contributed by atoms with E-state index in [0.29, 0.717) is 12.2 Å². The molecule has 2 heterocycles. The number of halogens is 3. The first kappa shape index (κ1) is 14.3. The number of rotatable bonds is 2. The third-order valence-electron chi connectivity index (χ3n) is 3.50. The molecule has 2 N–H and O–H groups in total. The fourth-order valence-electron chi connectivity index (χ4n) is 2.45. The van der Waals surface area contributed by atoms with Crippen molar-refractivity contribution in [3.8, 4) is 11.3 Å². The maximum absolute atomic E-state index is 13.0. The molecule has 0 radical (unpaired) electrons. The zero-order chi connectivity index (χ0) is 15.0. The van der Waals surface area contributed by atoms with Crippen LogP contribution in [0.2, 0.25) is 0 Å². The Kier molecular flexibility index (Phi) is 3.62. The zero-order valence-electron chi connectivity index (χ0n) is 11.1. The third-order valence-corrected chi connectivity index (χ3v) is 4.40. The van der Waals surface area contributed by atoms with Crippen molar-refractivity contribution in [2.45, 2.75) is 18.6 Å². The molecule has 1 unspecified atom stereocenters. The average Bonchev–Trinajstić information content (AvgIpc) is 3.06. The number of alkyl halides is 3. The smallest absolute Gasteiger partial charge is 0.346 e. The Bertz CT molecular complexity index is 638. The van der Waals surface area contributed by atoms with E-state index in [-0.39, 0.29) is 11.6 Å². The Morgan fingerprint density at radius 3 is 2.71 bits per heavy atom. The van der Waals surface area contributed by atoms with Gasteiger partial charge in [-0.2, -0.15) is 13.2 Å². The van der Waals surface area contributed by atoms with Crippen LogP contribution in [0.1, 0.15) is 12.0 Å². The number of anilines is 1. The normalized spacial score (nSPS) is 19.2. The molecular formula is C14H14F3N3S. The number of hydrogen-bond donors (Lipinski definition) is 1. The molecular weight excluding hydrogens is 299 g/mol. The van der Waals surface area contributed by atoms with E-state index in [9.17, 15) is 13.2 Å². The minimum atomic E-state index is -4.38. The molecule has 2 aromatic rings. The molecule has 1 aromatic carbocycles. The van der Waals surface area contributed by atoms with Crippen molar-refractivity contribution in [3.05, 3.63) is 35.2 Å². The molecule has 1 aromatic heterocycles. The van der Waals surface area contributed by atoms with Gasteiger partial charge >= 0.3 is 6.18 Å². The number of thiazole rings is 1. The SMILES string of the molecule is NC1CCN(c2nc(-c3ccccc3C(F)(F)F)cs2)C1. The lowest BCUT2D eigenvalue weighted by Gasteiger charge is -2.13. The predicted molar refractivity (Wildman–Crippen MR) is 77.4 cm³/mol. The van der Waals surface area contributed by atoms with Gasteiger partial charge in [-0.15, -0.1) is 11.3 Å². The summed E-state index contributed by atoms with van der Waals surface area (Å²) in [5.74, 6) is 0. The molecule has 0 saturated carbocycles. The van der Waals surface area contributed by atoms with E-state index in [1.165, 1.54) is 23.5 Å². The van der Waals surface area contributed by atoms with Gasteiger partial charge < -0.3 is 10.6 Å². The molecule has 1 aliphatic heterocycles. The van der Waals surface area contributed by atoms with Gasteiger partial charge in [-0.3, -0.25) is 0 Å². The highest BCUT2D eigenvalue weighted by Crippen LogP contribution is 2.38. The van der Waals surface area contributed by atoms with Crippen LogP contribution in [0.25, 0.3) is 11.3 Å². The lowest BCUT2D eigenvalue weighted by atomic mass is 10.1. The molecule has 3 nitrogen and oxygen atoms in total. The first-order valence-electron chi connectivity index (χ1n) is 6.58. The molecule has 0 bridgehead atoms. The first-order chi connectivity index (χ1) is 9.95. The molecule has 0 amide bonds. The van der Waals surface area contributed by atoms with Gasteiger partial charge in [0.15, 0.2) is 5.13 Å². The van der Waals surface area contributed by atoms with Crippen molar-refractivity contribution >= 4 is 16.5 Å². The highest BCUT2D eigenvalue weighted by atomic mass is 32.1. The van der Waals surface area contributed by atoms with Crippen molar-refractivity contribution in [2.75, 3.05) is 18.0 Å². The number of hydrogen-bond acceptors (Lipinski definition) is 4. The van der Waals surface area contributed by atoms with E-state index in [1.54, 1.807) is 11.4 Å². The van der Waals surface area contributed by atoms with Crippen molar-refractivity contribution in [2.24, 2.45) is 5.73 Å². The molecule has 0 spiro atoms. The summed E-state index contributed by atoms with van der Waals surface area (Å²) in [5.41, 5.74) is 5.68. The molecule has 1 aliphatic rings. The Morgan fingerprint density at radius 2 is 2.05 bits per heavy atom. The maximum Gasteiger partial charge on any atom is 0.417 e. The van der Waals surface area contributed by atoms with Crippen LogP contribution in [0, 0.1) is 0 Å². The molecule has 3 rings (SSSR count). The van der Waals surface area contributed by atoms with Crippen LogP contribution in [0.5, 0.6) is 0 Å². The Labute approximate surface area is 124 Å². The number of nitrogens with two attached hydrogens (primary N) is 1. The molecule has 0 aliphatic carbocycles. The quantitative estimate of drug-likeness (QED) is 0.924. The Balaban J connectivity index is 1.94. The van der Waals surface area contributed by atoms with Gasteiger partial charge in [-0.05, 0) is 12.5 Å². The number of nitrogens with zero attached hydrogens (tertiary/aromatic N) is 2. The van der Waals surface area contributed by atoms with Crippen LogP contribution in [-0.2, 0) is 6.18 Å². The summed E-state index contributed by atoms with van der Waals surface area (Å²) in [5, 5.41) is 2.40. The van der Waals surface area contributed by atoms with Crippen molar-refractivity contribution in [3.63, 3.8) is 0 Å². The minimum absolute atomic E-state index is 0.111. The van der Waals surface area contributed by atoms with Gasteiger partial charge in [0.05, 0.1) is 11.3 Å². The summed E-state index contributed by atoms with van der Waals surface area (Å²) in [6.07, 6.45) is -3.50. The Hall–Kier alpha value is -1.60. The van der Waals surface area contributed by atoms with Gasteiger partial charge in [0.1, 0.15) is 0 Å². The summed E-state index contributed by atoms with van der Waals surface area (Å²) < 4.78 is 39.1. The molecule has 1 fully saturated rings. The van der Waals surface area contributed by atoms with Gasteiger partial charge in [-0.25, -0.2) is 4.98 Å². The minimum Gasteiger partial charge on any atom is -0.346 e. The second-order valence-corrected chi connectivity index (χ2v) is 5.89. The lowest BCUT2D eigenvalue weighted by Crippen LogP contribution is -2.26. The van der Waals surface area contributed by atoms with E-state index < -0.39 is 11.7 Å². The highest BCUT2D eigenvalue weighted by molar-refractivity contribution is 7.14. The summed E-state index contributed by atoms with van der Waals surface area (Å²) in [6, 6.07) is 5.63. The number of aromatic nitrogens is 1. The highest BCUT2D eigenvalue weighted by Gasteiger charge is 2.34. The monoisotopic (exact) mass is 313 g/mol. The Morgan fingerprint density at radius 1 is 1.29 bits per heavy atom. The summed E-state index contributed by atoms with van der Waals surface area (Å²) in [6.45, 7) is 1.50. The molecule has 21 heavy (non-hydrogen) atoms. The third kappa shape index (κ3) is 2.89. The van der Waals surface area contributed by atoms with Crippen molar-refractivity contribution < 1.29 is 13.2 Å². The second-order valence-electron chi connectivity index (χ2n) is 5.05. The summed E-state index contributed by atoms with van der Waals surface area (Å²) in [7, 11) is 0. The van der Waals surface area contributed by atoms with Gasteiger partial charge in [0.2, 0.25) is 0 Å².